The zero-order valence-electron chi connectivity index (χ0n) is 17.8. The number of hydrogen-bond acceptors (Lipinski definition) is 5. The number of carbonyl (C=O) groups excluding carboxylic acids is 1. The first-order chi connectivity index (χ1) is 16.1. The number of benzene rings is 2. The van der Waals surface area contributed by atoms with E-state index in [1.54, 1.807) is 6.07 Å². The van der Waals surface area contributed by atoms with Crippen molar-refractivity contribution >= 4 is 17.5 Å². The number of hydrogen-bond donors (Lipinski definition) is 3. The molecular formula is C23H19F4N5O2. The number of pyridine rings is 1. The van der Waals surface area contributed by atoms with Gasteiger partial charge in [0, 0.05) is 17.3 Å². The molecule has 0 aliphatic heterocycles. The fourth-order valence-electron chi connectivity index (χ4n) is 3.51. The van der Waals surface area contributed by atoms with E-state index in [1.807, 2.05) is 0 Å². The number of anilines is 1. The molecule has 2 aromatic heterocycles. The molecule has 0 saturated heterocycles. The number of fused-ring (bicyclic) bond motifs is 1. The van der Waals surface area contributed by atoms with Gasteiger partial charge < -0.3 is 16.2 Å². The fraction of sp³-hybridized carbons (Fsp3) is 0.174. The number of aliphatic hydroxyl groups excluding tert-OH is 1. The molecule has 0 aliphatic rings. The summed E-state index contributed by atoms with van der Waals surface area (Å²) in [6, 6.07) is 9.44. The van der Waals surface area contributed by atoms with Crippen molar-refractivity contribution in [1.82, 2.24) is 19.9 Å². The molecule has 2 aromatic carbocycles. The number of nitrogen functional groups attached to an aromatic ring is 1. The summed E-state index contributed by atoms with van der Waals surface area (Å²) in [5.41, 5.74) is 5.71. The average molecular weight is 473 g/mol. The fourth-order valence-corrected chi connectivity index (χ4v) is 3.51. The summed E-state index contributed by atoms with van der Waals surface area (Å²) in [4.78, 5) is 16.7. The molecule has 4 rings (SSSR count). The van der Waals surface area contributed by atoms with Crippen molar-refractivity contribution in [3.63, 3.8) is 0 Å². The molecule has 0 radical (unpaired) electrons. The zero-order chi connectivity index (χ0) is 24.6. The van der Waals surface area contributed by atoms with Crippen molar-refractivity contribution in [2.24, 2.45) is 0 Å². The van der Waals surface area contributed by atoms with E-state index < -0.39 is 41.7 Å². The Morgan fingerprint density at radius 1 is 1.18 bits per heavy atom. The number of carbonyl (C=O) groups is 1. The Labute approximate surface area is 190 Å². The molecule has 34 heavy (non-hydrogen) atoms. The van der Waals surface area contributed by atoms with Gasteiger partial charge in [-0.05, 0) is 42.3 Å². The Morgan fingerprint density at radius 3 is 2.59 bits per heavy atom. The average Bonchev–Trinajstić information content (AvgIpc) is 3.17. The minimum atomic E-state index is -3.77. The van der Waals surface area contributed by atoms with E-state index in [2.05, 4.69) is 15.4 Å². The lowest BCUT2D eigenvalue weighted by Crippen LogP contribution is -2.42. The number of halogens is 4. The van der Waals surface area contributed by atoms with Crippen LogP contribution in [0.4, 0.5) is 23.5 Å². The summed E-state index contributed by atoms with van der Waals surface area (Å²) < 4.78 is 58.8. The number of aryl methyl sites for hydroxylation is 1. The lowest BCUT2D eigenvalue weighted by molar-refractivity contribution is -0.112. The maximum absolute atomic E-state index is 15.4. The molecule has 176 valence electrons. The molecule has 4 N–H and O–H groups in total. The molecule has 0 spiro atoms. The first-order valence-corrected chi connectivity index (χ1v) is 10.1. The molecule has 0 aliphatic carbocycles. The second-order valence-corrected chi connectivity index (χ2v) is 7.66. The van der Waals surface area contributed by atoms with Crippen LogP contribution in [0.5, 0.6) is 0 Å². The molecule has 0 saturated carbocycles. The molecule has 0 bridgehead atoms. The maximum Gasteiger partial charge on any atom is 0.300 e. The Kier molecular flexibility index (Phi) is 5.96. The molecule has 7 nitrogen and oxygen atoms in total. The molecule has 0 unspecified atom stereocenters. The third kappa shape index (κ3) is 4.29. The monoisotopic (exact) mass is 473 g/mol. The van der Waals surface area contributed by atoms with E-state index in [1.165, 1.54) is 35.8 Å². The summed E-state index contributed by atoms with van der Waals surface area (Å²) in [6.45, 7) is 0.630. The van der Waals surface area contributed by atoms with Crippen LogP contribution in [0.25, 0.3) is 16.8 Å². The van der Waals surface area contributed by atoms with Gasteiger partial charge in [0.15, 0.2) is 5.65 Å². The second-order valence-electron chi connectivity index (χ2n) is 7.66. The van der Waals surface area contributed by atoms with E-state index in [4.69, 9.17) is 5.73 Å². The largest absolute Gasteiger partial charge is 0.385 e. The number of aromatic nitrogens is 3. The first kappa shape index (κ1) is 23.2. The van der Waals surface area contributed by atoms with Crippen LogP contribution >= 0.6 is 0 Å². The topological polar surface area (TPSA) is 106 Å². The number of nitrogens with zero attached hydrogens (tertiary/aromatic N) is 3. The van der Waals surface area contributed by atoms with Crippen molar-refractivity contribution in [2.75, 3.05) is 12.3 Å². The third-order valence-electron chi connectivity index (χ3n) is 5.35. The standard InChI is InChI=1S/C23H19F4N5O2/c1-12-2-7-16(13-8-9-32-18(10-13)30-22(28)31-32)20(25)19(12)21(34)29-11-17(33)23(26,27)14-3-5-15(24)6-4-14/h2-10,17,33H,11H2,1H3,(H2,28,31)(H,29,34)/t17-/m1/s1. The molecule has 11 heteroatoms. The lowest BCUT2D eigenvalue weighted by atomic mass is 9.98. The van der Waals surface area contributed by atoms with E-state index >= 15 is 4.39 Å². The van der Waals surface area contributed by atoms with Gasteiger partial charge in [-0.1, -0.05) is 24.3 Å². The zero-order valence-corrected chi connectivity index (χ0v) is 17.8. The quantitative estimate of drug-likeness (QED) is 0.372. The summed E-state index contributed by atoms with van der Waals surface area (Å²) in [6.07, 6.45) is -0.796. The number of alkyl halides is 2. The van der Waals surface area contributed by atoms with Crippen LogP contribution in [-0.4, -0.2) is 38.3 Å². The molecular weight excluding hydrogens is 454 g/mol. The molecule has 4 aromatic rings. The van der Waals surface area contributed by atoms with Gasteiger partial charge >= 0.3 is 0 Å². The van der Waals surface area contributed by atoms with Crippen LogP contribution in [0, 0.1) is 18.6 Å². The SMILES string of the molecule is Cc1ccc(-c2ccn3nc(N)nc3c2)c(F)c1C(=O)NC[C@@H](O)C(F)(F)c1ccc(F)cc1. The van der Waals surface area contributed by atoms with E-state index in [9.17, 15) is 23.1 Å². The van der Waals surface area contributed by atoms with Crippen molar-refractivity contribution in [2.45, 2.75) is 19.0 Å². The highest BCUT2D eigenvalue weighted by molar-refractivity contribution is 5.97. The Hall–Kier alpha value is -3.99. The Morgan fingerprint density at radius 2 is 1.88 bits per heavy atom. The number of amides is 1. The number of rotatable bonds is 6. The number of aliphatic hydroxyl groups is 1. The highest BCUT2D eigenvalue weighted by Gasteiger charge is 2.40. The maximum atomic E-state index is 15.4. The van der Waals surface area contributed by atoms with Gasteiger partial charge in [0.2, 0.25) is 5.95 Å². The summed E-state index contributed by atoms with van der Waals surface area (Å²) >= 11 is 0. The van der Waals surface area contributed by atoms with Crippen LogP contribution in [0.1, 0.15) is 21.5 Å². The molecule has 1 amide bonds. The highest BCUT2D eigenvalue weighted by Crippen LogP contribution is 2.32. The second kappa shape index (κ2) is 8.75. The summed E-state index contributed by atoms with van der Waals surface area (Å²) in [5, 5.41) is 16.1. The van der Waals surface area contributed by atoms with Gasteiger partial charge in [0.1, 0.15) is 17.7 Å². The van der Waals surface area contributed by atoms with Gasteiger partial charge in [-0.2, -0.15) is 13.8 Å². The highest BCUT2D eigenvalue weighted by atomic mass is 19.3. The Bertz CT molecular complexity index is 1370. The molecule has 0 fully saturated rings. The Balaban J connectivity index is 1.56. The van der Waals surface area contributed by atoms with E-state index in [0.717, 1.165) is 24.3 Å². The first-order valence-electron chi connectivity index (χ1n) is 10.1. The predicted octanol–water partition coefficient (Wildman–Crippen LogP) is 3.45. The van der Waals surface area contributed by atoms with Crippen molar-refractivity contribution in [1.29, 1.82) is 0 Å². The third-order valence-corrected chi connectivity index (χ3v) is 5.35. The summed E-state index contributed by atoms with van der Waals surface area (Å²) in [5.74, 6) is -6.28. The van der Waals surface area contributed by atoms with Crippen LogP contribution in [0.15, 0.2) is 54.7 Å². The smallest absolute Gasteiger partial charge is 0.300 e. The van der Waals surface area contributed by atoms with E-state index in [-0.39, 0.29) is 22.6 Å². The number of nitrogens with two attached hydrogens (primary N) is 1. The molecule has 1 atom stereocenters. The van der Waals surface area contributed by atoms with Crippen molar-refractivity contribution in [3.8, 4) is 11.1 Å². The lowest BCUT2D eigenvalue weighted by Gasteiger charge is -2.23. The minimum Gasteiger partial charge on any atom is -0.385 e. The van der Waals surface area contributed by atoms with Crippen molar-refractivity contribution < 1.29 is 27.5 Å². The van der Waals surface area contributed by atoms with Crippen LogP contribution in [0.3, 0.4) is 0 Å². The summed E-state index contributed by atoms with van der Waals surface area (Å²) in [7, 11) is 0. The van der Waals surface area contributed by atoms with Crippen molar-refractivity contribution in [3.05, 3.63) is 83.1 Å². The van der Waals surface area contributed by atoms with Gasteiger partial charge in [-0.25, -0.2) is 13.3 Å². The van der Waals surface area contributed by atoms with Crippen LogP contribution in [-0.2, 0) is 5.92 Å². The normalized spacial score (nSPS) is 12.6. The van der Waals surface area contributed by atoms with E-state index in [0.29, 0.717) is 11.2 Å². The number of nitrogens with one attached hydrogen (secondary N) is 1. The van der Waals surface area contributed by atoms with Gasteiger partial charge in [0.05, 0.1) is 12.1 Å². The van der Waals surface area contributed by atoms with Gasteiger partial charge in [0.25, 0.3) is 11.8 Å². The van der Waals surface area contributed by atoms with Crippen LogP contribution in [0.2, 0.25) is 0 Å². The van der Waals surface area contributed by atoms with Crippen LogP contribution < -0.4 is 11.1 Å². The van der Waals surface area contributed by atoms with Gasteiger partial charge in [-0.15, -0.1) is 5.10 Å². The predicted molar refractivity (Wildman–Crippen MR) is 116 cm³/mol. The minimum absolute atomic E-state index is 0.0394. The van der Waals surface area contributed by atoms with Gasteiger partial charge in [-0.3, -0.25) is 4.79 Å². The molecule has 2 heterocycles.